The fourth-order valence-corrected chi connectivity index (χ4v) is 7.80. The number of aromatic hydroxyl groups is 2. The van der Waals surface area contributed by atoms with Crippen LogP contribution in [0.5, 0.6) is 11.5 Å². The van der Waals surface area contributed by atoms with Crippen LogP contribution in [0.15, 0.2) is 18.2 Å². The van der Waals surface area contributed by atoms with E-state index in [9.17, 15) is 34.8 Å². The van der Waals surface area contributed by atoms with Crippen LogP contribution in [0.2, 0.25) is 0 Å². The maximum absolute atomic E-state index is 14.0. The smallest absolute Gasteiger partial charge is 0.200 e. The van der Waals surface area contributed by atoms with Crippen molar-refractivity contribution in [1.29, 1.82) is 0 Å². The predicted octanol–water partition coefficient (Wildman–Crippen LogP) is 1.13. The average Bonchev–Trinajstić information content (AvgIpc) is 3.43. The van der Waals surface area contributed by atoms with E-state index in [2.05, 4.69) is 10.2 Å². The third-order valence-electron chi connectivity index (χ3n) is 10.1. The highest BCUT2D eigenvalue weighted by atomic mass is 16.7. The molecule has 7 rings (SSSR count). The normalized spacial score (nSPS) is 33.0. The summed E-state index contributed by atoms with van der Waals surface area (Å²) in [7, 11) is 1.55. The Morgan fingerprint density at radius 1 is 1.13 bits per heavy atom. The molecule has 3 fully saturated rings. The number of aliphatic hydroxyl groups excluding tert-OH is 1. The van der Waals surface area contributed by atoms with Gasteiger partial charge < -0.3 is 49.4 Å². The second kappa shape index (κ2) is 11.9. The minimum absolute atomic E-state index is 0.000544. The van der Waals surface area contributed by atoms with Gasteiger partial charge in [-0.3, -0.25) is 19.3 Å². The first-order chi connectivity index (χ1) is 22.5. The lowest BCUT2D eigenvalue weighted by Crippen LogP contribution is -2.55. The van der Waals surface area contributed by atoms with Crippen LogP contribution in [0.4, 0.5) is 5.69 Å². The highest BCUT2D eigenvalue weighted by molar-refractivity contribution is 6.32. The number of phenols is 2. The van der Waals surface area contributed by atoms with E-state index in [1.165, 1.54) is 13.0 Å². The molecule has 14 nitrogen and oxygen atoms in total. The number of carbonyl (C=O) groups is 3. The summed E-state index contributed by atoms with van der Waals surface area (Å²) in [5.74, 6) is -3.20. The van der Waals surface area contributed by atoms with E-state index in [4.69, 9.17) is 23.7 Å². The summed E-state index contributed by atoms with van der Waals surface area (Å²) >= 11 is 0. The molecule has 5 N–H and O–H groups in total. The van der Waals surface area contributed by atoms with Gasteiger partial charge in [0.05, 0.1) is 42.1 Å². The summed E-state index contributed by atoms with van der Waals surface area (Å²) in [5.41, 5.74) is -2.60. The van der Waals surface area contributed by atoms with Crippen molar-refractivity contribution in [3.8, 4) is 11.5 Å². The van der Waals surface area contributed by atoms with Crippen molar-refractivity contribution in [2.45, 2.75) is 81.9 Å². The Kier molecular flexibility index (Phi) is 8.12. The Morgan fingerprint density at radius 2 is 1.89 bits per heavy atom. The highest BCUT2D eigenvalue weighted by Crippen LogP contribution is 2.53. The summed E-state index contributed by atoms with van der Waals surface area (Å²) < 4.78 is 30.2. The number of methoxy groups -OCH3 is 1. The molecule has 0 spiro atoms. The SMILES string of the molecule is COC1OCCN2C3CC(OC4CC(O)(C(C)=O)Cc5c(O)c6c(c(O)c54)C(=O)c4c(NCCO)cccc4C6=O)OC(C)C3OC12. The van der Waals surface area contributed by atoms with E-state index in [1.807, 2.05) is 6.92 Å². The van der Waals surface area contributed by atoms with Gasteiger partial charge in [-0.05, 0) is 19.9 Å². The fraction of sp³-hybridized carbons (Fsp3) is 0.545. The monoisotopic (exact) mass is 654 g/mol. The van der Waals surface area contributed by atoms with Crippen LogP contribution in [0.25, 0.3) is 0 Å². The minimum Gasteiger partial charge on any atom is -0.507 e. The van der Waals surface area contributed by atoms with Gasteiger partial charge in [0.15, 0.2) is 36.2 Å². The molecule has 3 aliphatic heterocycles. The molecule has 0 saturated carbocycles. The molecule has 3 saturated heterocycles. The molecule has 2 aromatic rings. The van der Waals surface area contributed by atoms with Gasteiger partial charge in [0.25, 0.3) is 0 Å². The first-order valence-electron chi connectivity index (χ1n) is 15.8. The summed E-state index contributed by atoms with van der Waals surface area (Å²) in [6.45, 7) is 3.97. The zero-order chi connectivity index (χ0) is 33.4. The second-order valence-corrected chi connectivity index (χ2v) is 12.7. The number of phenolic OH excluding ortho intramolecular Hbond substituents is 2. The lowest BCUT2D eigenvalue weighted by molar-refractivity contribution is -0.256. The van der Waals surface area contributed by atoms with Gasteiger partial charge in [0.1, 0.15) is 23.2 Å². The van der Waals surface area contributed by atoms with Gasteiger partial charge in [0.2, 0.25) is 0 Å². The third kappa shape index (κ3) is 4.97. The maximum Gasteiger partial charge on any atom is 0.200 e. The largest absolute Gasteiger partial charge is 0.507 e. The molecular weight excluding hydrogens is 616 g/mol. The zero-order valence-corrected chi connectivity index (χ0v) is 26.2. The van der Waals surface area contributed by atoms with Gasteiger partial charge in [-0.1, -0.05) is 12.1 Å². The second-order valence-electron chi connectivity index (χ2n) is 12.7. The standard InChI is InChI=1S/C33H38N2O12/c1-14-30-19(35-8-10-44-32(43-3)31(35)47-30)11-21(45-14)46-20-13-33(42,15(2)37)12-17-23(20)29(41)25-24(27(17)39)26(38)16-5-4-6-18(34-7-9-36)22(16)28(25)40/h4-6,14,19-21,30-32,34,36,39,41-42H,7-13H2,1-3H3. The van der Waals surface area contributed by atoms with Crippen molar-refractivity contribution >= 4 is 23.0 Å². The number of aliphatic hydroxyl groups is 2. The van der Waals surface area contributed by atoms with E-state index < -0.39 is 83.0 Å². The molecule has 47 heavy (non-hydrogen) atoms. The third-order valence-corrected chi connectivity index (χ3v) is 10.1. The molecule has 2 aliphatic carbocycles. The molecule has 8 atom stereocenters. The van der Waals surface area contributed by atoms with Crippen LogP contribution in [0.1, 0.15) is 75.8 Å². The number of fused-ring (bicyclic) bond motifs is 6. The number of ether oxygens (including phenoxy) is 5. The van der Waals surface area contributed by atoms with Crippen molar-refractivity contribution in [2.24, 2.45) is 0 Å². The Morgan fingerprint density at radius 3 is 2.62 bits per heavy atom. The number of nitrogens with zero attached hydrogens (tertiary/aromatic N) is 1. The number of hydrogen-bond acceptors (Lipinski definition) is 14. The zero-order valence-electron chi connectivity index (χ0n) is 26.2. The molecule has 2 aromatic carbocycles. The molecule has 0 aromatic heterocycles. The summed E-state index contributed by atoms with van der Waals surface area (Å²) in [6.07, 6.45) is -4.26. The van der Waals surface area contributed by atoms with Crippen LogP contribution in [-0.2, 0) is 34.9 Å². The average molecular weight is 655 g/mol. The quantitative estimate of drug-likeness (QED) is 0.228. The van der Waals surface area contributed by atoms with Crippen molar-refractivity contribution in [3.63, 3.8) is 0 Å². The lowest BCUT2D eigenvalue weighted by Gasteiger charge is -2.43. The van der Waals surface area contributed by atoms with Crippen LogP contribution in [-0.4, -0.2) is 119 Å². The Balaban J connectivity index is 1.28. The number of benzene rings is 2. The number of morpholine rings is 1. The molecular formula is C33H38N2O12. The van der Waals surface area contributed by atoms with Gasteiger partial charge in [-0.15, -0.1) is 0 Å². The van der Waals surface area contributed by atoms with Gasteiger partial charge in [-0.2, -0.15) is 0 Å². The van der Waals surface area contributed by atoms with Gasteiger partial charge in [0, 0.05) is 67.9 Å². The van der Waals surface area contributed by atoms with Crippen molar-refractivity contribution in [2.75, 3.05) is 38.7 Å². The summed E-state index contributed by atoms with van der Waals surface area (Å²) in [5, 5.41) is 47.2. The fourth-order valence-electron chi connectivity index (χ4n) is 7.80. The number of ketones is 3. The van der Waals surface area contributed by atoms with E-state index in [-0.39, 0.29) is 59.7 Å². The lowest BCUT2D eigenvalue weighted by atomic mass is 9.72. The number of nitrogens with one attached hydrogen (secondary N) is 1. The van der Waals surface area contributed by atoms with E-state index in [1.54, 1.807) is 19.2 Å². The summed E-state index contributed by atoms with van der Waals surface area (Å²) in [6, 6.07) is 4.43. The van der Waals surface area contributed by atoms with Crippen molar-refractivity contribution in [3.05, 3.63) is 51.6 Å². The highest BCUT2D eigenvalue weighted by Gasteiger charge is 2.55. The molecule has 8 unspecified atom stereocenters. The molecule has 3 heterocycles. The Labute approximate surface area is 270 Å². The number of anilines is 1. The number of Topliss-reactive ketones (excluding diaryl/α,β-unsaturated/α-hetero) is 1. The van der Waals surface area contributed by atoms with Crippen molar-refractivity contribution < 1.29 is 58.5 Å². The number of hydrogen-bond donors (Lipinski definition) is 5. The van der Waals surface area contributed by atoms with Crippen molar-refractivity contribution in [1.82, 2.24) is 4.90 Å². The first kappa shape index (κ1) is 32.1. The van der Waals surface area contributed by atoms with E-state index in [0.29, 0.717) is 19.6 Å². The number of carbonyl (C=O) groups excluding carboxylic acids is 3. The van der Waals surface area contributed by atoms with Gasteiger partial charge in [-0.25, -0.2) is 0 Å². The molecule has 5 aliphatic rings. The van der Waals surface area contributed by atoms with E-state index in [0.717, 1.165) is 0 Å². The molecule has 252 valence electrons. The van der Waals surface area contributed by atoms with Gasteiger partial charge >= 0.3 is 0 Å². The van der Waals surface area contributed by atoms with Crippen LogP contribution >= 0.6 is 0 Å². The van der Waals surface area contributed by atoms with Crippen LogP contribution in [0.3, 0.4) is 0 Å². The van der Waals surface area contributed by atoms with Crippen LogP contribution < -0.4 is 5.32 Å². The maximum atomic E-state index is 14.0. The Bertz CT molecular complexity index is 1650. The topological polar surface area (TPSA) is 194 Å². The summed E-state index contributed by atoms with van der Waals surface area (Å²) in [4.78, 5) is 42.8. The molecule has 14 heteroatoms. The Hall–Kier alpha value is -3.47. The number of rotatable bonds is 7. The predicted molar refractivity (Wildman–Crippen MR) is 161 cm³/mol. The molecule has 0 bridgehead atoms. The molecule has 0 amide bonds. The van der Waals surface area contributed by atoms with E-state index >= 15 is 0 Å². The first-order valence-corrected chi connectivity index (χ1v) is 15.8. The van der Waals surface area contributed by atoms with Crippen LogP contribution in [0, 0.1) is 0 Å². The minimum atomic E-state index is -2.00. The molecule has 0 radical (unpaired) electrons.